The first-order valence-electron chi connectivity index (χ1n) is 10.1. The van der Waals surface area contributed by atoms with Gasteiger partial charge in [0, 0.05) is 11.1 Å². The molecule has 0 spiro atoms. The number of aliphatic hydroxyl groups excluding tert-OH is 1. The second-order valence-corrected chi connectivity index (χ2v) is 8.27. The molecule has 0 atom stereocenters. The van der Waals surface area contributed by atoms with Gasteiger partial charge in [-0.1, -0.05) is 12.1 Å². The summed E-state index contributed by atoms with van der Waals surface area (Å²) in [5, 5.41) is 15.5. The predicted octanol–water partition coefficient (Wildman–Crippen LogP) is 4.27. The van der Waals surface area contributed by atoms with Gasteiger partial charge in [-0.15, -0.1) is 0 Å². The standard InChI is InChI=1S/C23H23F2N5O2/c1-13-10-14(24)8-9-15(13)19-16-11-26-22(32)30(18-7-5-4-6-17(18)25)20(16)28-21(27-19)29-23(2,3)12-31/h4-10,31H,11-12H2,1-3H3,(H,26,32)(H,27,28,29). The lowest BCUT2D eigenvalue weighted by Crippen LogP contribution is -2.43. The SMILES string of the molecule is Cc1cc(F)ccc1-c1nc(NC(C)(C)CO)nc2c1CNC(=O)N2c1ccccc1F. The molecule has 3 N–H and O–H groups in total. The Labute approximate surface area is 184 Å². The van der Waals surface area contributed by atoms with Crippen LogP contribution in [0.1, 0.15) is 25.0 Å². The number of nitrogens with one attached hydrogen (secondary N) is 2. The Morgan fingerprint density at radius 2 is 1.94 bits per heavy atom. The van der Waals surface area contributed by atoms with Crippen LogP contribution >= 0.6 is 0 Å². The third-order valence-electron chi connectivity index (χ3n) is 5.20. The molecule has 1 aliphatic heterocycles. The average molecular weight is 439 g/mol. The normalized spacial score (nSPS) is 13.6. The van der Waals surface area contributed by atoms with Gasteiger partial charge in [-0.25, -0.2) is 23.5 Å². The van der Waals surface area contributed by atoms with Crippen molar-refractivity contribution < 1.29 is 18.7 Å². The van der Waals surface area contributed by atoms with E-state index in [1.807, 2.05) is 0 Å². The van der Waals surface area contributed by atoms with Gasteiger partial charge in [0.25, 0.3) is 0 Å². The maximum absolute atomic E-state index is 14.6. The number of aromatic nitrogens is 2. The van der Waals surface area contributed by atoms with Crippen LogP contribution in [0.5, 0.6) is 0 Å². The fraction of sp³-hybridized carbons (Fsp3) is 0.261. The Morgan fingerprint density at radius 1 is 1.19 bits per heavy atom. The van der Waals surface area contributed by atoms with Crippen molar-refractivity contribution in [3.8, 4) is 11.3 Å². The van der Waals surface area contributed by atoms with Crippen LogP contribution in [0.15, 0.2) is 42.5 Å². The summed E-state index contributed by atoms with van der Waals surface area (Å²) >= 11 is 0. The number of hydrogen-bond donors (Lipinski definition) is 3. The van der Waals surface area contributed by atoms with Crippen molar-refractivity contribution >= 4 is 23.5 Å². The summed E-state index contributed by atoms with van der Waals surface area (Å²) < 4.78 is 28.4. The molecule has 166 valence electrons. The number of urea groups is 1. The van der Waals surface area contributed by atoms with Gasteiger partial charge in [-0.05, 0) is 56.7 Å². The molecule has 4 rings (SSSR count). The molecule has 9 heteroatoms. The number of aryl methyl sites for hydroxylation is 1. The number of halogens is 2. The number of nitrogens with zero attached hydrogens (tertiary/aromatic N) is 3. The number of carbonyl (C=O) groups excluding carboxylic acids is 1. The Hall–Kier alpha value is -3.59. The molecule has 0 radical (unpaired) electrons. The number of amides is 2. The van der Waals surface area contributed by atoms with Crippen molar-refractivity contribution in [3.63, 3.8) is 0 Å². The molecule has 3 aromatic rings. The lowest BCUT2D eigenvalue weighted by Gasteiger charge is -2.32. The van der Waals surface area contributed by atoms with Crippen LogP contribution in [-0.4, -0.2) is 33.3 Å². The summed E-state index contributed by atoms with van der Waals surface area (Å²) in [6.07, 6.45) is 0. The largest absolute Gasteiger partial charge is 0.394 e. The van der Waals surface area contributed by atoms with Crippen molar-refractivity contribution in [2.75, 3.05) is 16.8 Å². The Bertz CT molecular complexity index is 1200. The Kier molecular flexibility index (Phi) is 5.52. The summed E-state index contributed by atoms with van der Waals surface area (Å²) in [6.45, 7) is 5.21. The van der Waals surface area contributed by atoms with Gasteiger partial charge in [0.1, 0.15) is 11.6 Å². The zero-order chi connectivity index (χ0) is 23.0. The average Bonchev–Trinajstić information content (AvgIpc) is 2.74. The summed E-state index contributed by atoms with van der Waals surface area (Å²) in [5.41, 5.74) is 1.62. The highest BCUT2D eigenvalue weighted by Gasteiger charge is 2.33. The predicted molar refractivity (Wildman–Crippen MR) is 118 cm³/mol. The van der Waals surface area contributed by atoms with Crippen LogP contribution in [0.2, 0.25) is 0 Å². The molecule has 2 amide bonds. The highest BCUT2D eigenvalue weighted by atomic mass is 19.1. The Balaban J connectivity index is 1.98. The number of benzene rings is 2. The zero-order valence-corrected chi connectivity index (χ0v) is 17.9. The lowest BCUT2D eigenvalue weighted by atomic mass is 10.00. The van der Waals surface area contributed by atoms with Crippen molar-refractivity contribution in [1.29, 1.82) is 0 Å². The van der Waals surface area contributed by atoms with Crippen LogP contribution in [0.25, 0.3) is 11.3 Å². The lowest BCUT2D eigenvalue weighted by molar-refractivity contribution is 0.233. The summed E-state index contributed by atoms with van der Waals surface area (Å²) in [7, 11) is 0. The number of carbonyl (C=O) groups is 1. The molecule has 0 saturated heterocycles. The molecular formula is C23H23F2N5O2. The van der Waals surface area contributed by atoms with Gasteiger partial charge >= 0.3 is 6.03 Å². The van der Waals surface area contributed by atoms with Crippen LogP contribution < -0.4 is 15.5 Å². The molecule has 1 aliphatic rings. The van der Waals surface area contributed by atoms with Crippen molar-refractivity contribution in [1.82, 2.24) is 15.3 Å². The number of aliphatic hydroxyl groups is 1. The molecule has 0 fully saturated rings. The fourth-order valence-corrected chi connectivity index (χ4v) is 3.53. The van der Waals surface area contributed by atoms with Crippen LogP contribution in [0, 0.1) is 18.6 Å². The van der Waals surface area contributed by atoms with Crippen LogP contribution in [0.3, 0.4) is 0 Å². The minimum Gasteiger partial charge on any atom is -0.394 e. The van der Waals surface area contributed by atoms with E-state index in [1.165, 1.54) is 30.3 Å². The molecule has 0 unspecified atom stereocenters. The van der Waals surface area contributed by atoms with Gasteiger partial charge in [0.15, 0.2) is 5.82 Å². The number of fused-ring (bicyclic) bond motifs is 1. The third-order valence-corrected chi connectivity index (χ3v) is 5.20. The van der Waals surface area contributed by atoms with Gasteiger partial charge < -0.3 is 15.7 Å². The minimum absolute atomic E-state index is 0.0406. The van der Waals surface area contributed by atoms with Crippen molar-refractivity contribution in [2.45, 2.75) is 32.9 Å². The van der Waals surface area contributed by atoms with Crippen molar-refractivity contribution in [3.05, 3.63) is 65.2 Å². The third kappa shape index (κ3) is 3.99. The van der Waals surface area contributed by atoms with E-state index < -0.39 is 17.4 Å². The molecule has 7 nitrogen and oxygen atoms in total. The van der Waals surface area contributed by atoms with E-state index in [0.717, 1.165) is 4.90 Å². The zero-order valence-electron chi connectivity index (χ0n) is 17.9. The molecule has 2 heterocycles. The Morgan fingerprint density at radius 3 is 2.62 bits per heavy atom. The number of para-hydroxylation sites is 1. The summed E-state index contributed by atoms with van der Waals surface area (Å²) in [6, 6.07) is 9.71. The van der Waals surface area contributed by atoms with Crippen molar-refractivity contribution in [2.24, 2.45) is 0 Å². The quantitative estimate of drug-likeness (QED) is 0.552. The number of hydrogen-bond acceptors (Lipinski definition) is 5. The minimum atomic E-state index is -0.761. The van der Waals surface area contributed by atoms with E-state index in [-0.39, 0.29) is 36.4 Å². The van der Waals surface area contributed by atoms with Gasteiger partial charge in [0.2, 0.25) is 5.95 Å². The highest BCUT2D eigenvalue weighted by Crippen LogP contribution is 2.38. The van der Waals surface area contributed by atoms with E-state index in [1.54, 1.807) is 32.9 Å². The first-order chi connectivity index (χ1) is 15.2. The second-order valence-electron chi connectivity index (χ2n) is 8.27. The molecule has 0 bridgehead atoms. The van der Waals surface area contributed by atoms with E-state index in [2.05, 4.69) is 20.6 Å². The highest BCUT2D eigenvalue weighted by molar-refractivity contribution is 6.02. The van der Waals surface area contributed by atoms with Gasteiger partial charge in [0.05, 0.1) is 30.1 Å². The molecule has 0 saturated carbocycles. The van der Waals surface area contributed by atoms with Gasteiger partial charge in [-0.3, -0.25) is 0 Å². The summed E-state index contributed by atoms with van der Waals surface area (Å²) in [5.74, 6) is -0.601. The van der Waals surface area contributed by atoms with Crippen LogP contribution in [0.4, 0.5) is 31.0 Å². The molecule has 0 aliphatic carbocycles. The van der Waals surface area contributed by atoms with E-state index in [9.17, 15) is 18.7 Å². The first kappa shape index (κ1) is 21.6. The van der Waals surface area contributed by atoms with Gasteiger partial charge in [-0.2, -0.15) is 4.98 Å². The van der Waals surface area contributed by atoms with E-state index in [4.69, 9.17) is 0 Å². The number of anilines is 3. The second kappa shape index (κ2) is 8.16. The number of rotatable bonds is 5. The smallest absolute Gasteiger partial charge is 0.328 e. The van der Waals surface area contributed by atoms with E-state index in [0.29, 0.717) is 22.4 Å². The topological polar surface area (TPSA) is 90.4 Å². The monoisotopic (exact) mass is 439 g/mol. The molecule has 32 heavy (non-hydrogen) atoms. The first-order valence-corrected chi connectivity index (χ1v) is 10.1. The molecule has 1 aromatic heterocycles. The maximum atomic E-state index is 14.6. The maximum Gasteiger partial charge on any atom is 0.328 e. The van der Waals surface area contributed by atoms with E-state index >= 15 is 0 Å². The molecule has 2 aromatic carbocycles. The van der Waals surface area contributed by atoms with Crippen LogP contribution in [-0.2, 0) is 6.54 Å². The summed E-state index contributed by atoms with van der Waals surface area (Å²) in [4.78, 5) is 23.1. The fourth-order valence-electron chi connectivity index (χ4n) is 3.53. The molecular weight excluding hydrogens is 416 g/mol.